The molecular formula is C11H14O4S. The number of carboxylic acids is 1. The molecule has 5 heteroatoms. The summed E-state index contributed by atoms with van der Waals surface area (Å²) in [6.45, 7) is 3.60. The second-order valence-electron chi connectivity index (χ2n) is 4.11. The van der Waals surface area contributed by atoms with Gasteiger partial charge in [-0.15, -0.1) is 11.3 Å². The molecule has 16 heavy (non-hydrogen) atoms. The number of rotatable bonds is 4. The van der Waals surface area contributed by atoms with E-state index in [1.807, 2.05) is 0 Å². The van der Waals surface area contributed by atoms with Crippen molar-refractivity contribution in [2.45, 2.75) is 25.7 Å². The first-order valence-corrected chi connectivity index (χ1v) is 5.64. The Kier molecular flexibility index (Phi) is 3.70. The largest absolute Gasteiger partial charge is 0.481 e. The number of methoxy groups -OCH3 is 1. The minimum atomic E-state index is -0.882. The standard InChI is InChI=1S/C11H14O4S/c1-11(2,6-8(12)13)7-4-5-16-9(7)10(14)15-3/h4-5H,6H2,1-3H3,(H,12,13). The number of carbonyl (C=O) groups is 2. The van der Waals surface area contributed by atoms with Gasteiger partial charge >= 0.3 is 11.9 Å². The van der Waals surface area contributed by atoms with Crippen molar-refractivity contribution in [1.29, 1.82) is 0 Å². The first-order chi connectivity index (χ1) is 7.38. The molecule has 1 heterocycles. The molecule has 88 valence electrons. The van der Waals surface area contributed by atoms with Crippen molar-refractivity contribution in [3.63, 3.8) is 0 Å². The zero-order valence-corrected chi connectivity index (χ0v) is 10.3. The molecule has 0 spiro atoms. The number of thiophene rings is 1. The molecule has 0 bridgehead atoms. The third kappa shape index (κ3) is 2.61. The van der Waals surface area contributed by atoms with Gasteiger partial charge in [-0.1, -0.05) is 13.8 Å². The Morgan fingerprint density at radius 3 is 2.62 bits per heavy atom. The molecule has 0 aliphatic carbocycles. The summed E-state index contributed by atoms with van der Waals surface area (Å²) in [6.07, 6.45) is -0.0201. The molecule has 1 rings (SSSR count). The zero-order valence-electron chi connectivity index (χ0n) is 9.44. The van der Waals surface area contributed by atoms with Gasteiger partial charge < -0.3 is 9.84 Å². The van der Waals surface area contributed by atoms with Crippen LogP contribution in [-0.2, 0) is 14.9 Å². The lowest BCUT2D eigenvalue weighted by Crippen LogP contribution is -2.23. The van der Waals surface area contributed by atoms with Crippen LogP contribution in [0.25, 0.3) is 0 Å². The highest BCUT2D eigenvalue weighted by atomic mass is 32.1. The molecule has 0 amide bonds. The van der Waals surface area contributed by atoms with E-state index in [4.69, 9.17) is 5.11 Å². The van der Waals surface area contributed by atoms with Gasteiger partial charge in [0.15, 0.2) is 0 Å². The summed E-state index contributed by atoms with van der Waals surface area (Å²) in [6, 6.07) is 1.78. The molecular weight excluding hydrogens is 228 g/mol. The second-order valence-corrected chi connectivity index (χ2v) is 5.03. The SMILES string of the molecule is COC(=O)c1sccc1C(C)(C)CC(=O)O. The van der Waals surface area contributed by atoms with Gasteiger partial charge in [0.1, 0.15) is 4.88 Å². The van der Waals surface area contributed by atoms with Crippen LogP contribution in [0.2, 0.25) is 0 Å². The van der Waals surface area contributed by atoms with E-state index in [-0.39, 0.29) is 6.42 Å². The first-order valence-electron chi connectivity index (χ1n) is 4.76. The predicted molar refractivity (Wildman–Crippen MR) is 60.9 cm³/mol. The van der Waals surface area contributed by atoms with Gasteiger partial charge in [-0.25, -0.2) is 4.79 Å². The Morgan fingerprint density at radius 2 is 2.12 bits per heavy atom. The summed E-state index contributed by atoms with van der Waals surface area (Å²) in [5, 5.41) is 10.6. The fourth-order valence-corrected chi connectivity index (χ4v) is 2.56. The zero-order chi connectivity index (χ0) is 12.3. The van der Waals surface area contributed by atoms with E-state index in [1.165, 1.54) is 18.4 Å². The molecule has 4 nitrogen and oxygen atoms in total. The van der Waals surface area contributed by atoms with Crippen LogP contribution in [0.15, 0.2) is 11.4 Å². The molecule has 0 aromatic carbocycles. The summed E-state index contributed by atoms with van der Waals surface area (Å²) < 4.78 is 4.66. The Morgan fingerprint density at radius 1 is 1.50 bits per heavy atom. The number of carboxylic acid groups (broad SMARTS) is 1. The van der Waals surface area contributed by atoms with Gasteiger partial charge in [-0.3, -0.25) is 4.79 Å². The molecule has 0 aliphatic rings. The minimum absolute atomic E-state index is 0.0201. The molecule has 0 unspecified atom stereocenters. The van der Waals surface area contributed by atoms with Crippen molar-refractivity contribution in [2.24, 2.45) is 0 Å². The Hall–Kier alpha value is -1.36. The van der Waals surface area contributed by atoms with Crippen LogP contribution in [0.4, 0.5) is 0 Å². The summed E-state index contributed by atoms with van der Waals surface area (Å²) in [5.74, 6) is -1.30. The molecule has 0 fully saturated rings. The van der Waals surface area contributed by atoms with Crippen molar-refractivity contribution < 1.29 is 19.4 Å². The third-order valence-corrected chi connectivity index (χ3v) is 3.25. The maximum absolute atomic E-state index is 11.5. The summed E-state index contributed by atoms with van der Waals surface area (Å²) in [7, 11) is 1.32. The van der Waals surface area contributed by atoms with Crippen LogP contribution in [0, 0.1) is 0 Å². The van der Waals surface area contributed by atoms with E-state index < -0.39 is 17.4 Å². The van der Waals surface area contributed by atoms with E-state index >= 15 is 0 Å². The highest BCUT2D eigenvalue weighted by molar-refractivity contribution is 7.12. The van der Waals surface area contributed by atoms with Crippen LogP contribution >= 0.6 is 11.3 Å². The number of hydrogen-bond donors (Lipinski definition) is 1. The Bertz CT molecular complexity index is 406. The van der Waals surface area contributed by atoms with Gasteiger partial charge in [-0.2, -0.15) is 0 Å². The van der Waals surface area contributed by atoms with Crippen molar-refractivity contribution >= 4 is 23.3 Å². The van der Waals surface area contributed by atoms with Gasteiger partial charge in [-0.05, 0) is 17.0 Å². The second kappa shape index (κ2) is 4.65. The van der Waals surface area contributed by atoms with Crippen molar-refractivity contribution in [2.75, 3.05) is 7.11 Å². The lowest BCUT2D eigenvalue weighted by atomic mass is 9.82. The molecule has 0 saturated carbocycles. The average molecular weight is 242 g/mol. The topological polar surface area (TPSA) is 63.6 Å². The molecule has 0 radical (unpaired) electrons. The molecule has 1 aromatic rings. The molecule has 1 aromatic heterocycles. The maximum atomic E-state index is 11.5. The van der Waals surface area contributed by atoms with E-state index in [2.05, 4.69) is 4.74 Å². The quantitative estimate of drug-likeness (QED) is 0.823. The maximum Gasteiger partial charge on any atom is 0.348 e. The third-order valence-electron chi connectivity index (χ3n) is 2.36. The number of carbonyl (C=O) groups excluding carboxylic acids is 1. The summed E-state index contributed by atoms with van der Waals surface area (Å²) >= 11 is 1.27. The van der Waals surface area contributed by atoms with E-state index in [0.717, 1.165) is 5.56 Å². The Balaban J connectivity index is 3.08. The molecule has 0 atom stereocenters. The lowest BCUT2D eigenvalue weighted by molar-refractivity contribution is -0.138. The Labute approximate surface area is 97.9 Å². The van der Waals surface area contributed by atoms with E-state index in [9.17, 15) is 9.59 Å². The normalized spacial score (nSPS) is 11.2. The molecule has 1 N–H and O–H groups in total. The van der Waals surface area contributed by atoms with Crippen LogP contribution in [0.1, 0.15) is 35.5 Å². The van der Waals surface area contributed by atoms with Gasteiger partial charge in [0, 0.05) is 5.41 Å². The van der Waals surface area contributed by atoms with E-state index in [1.54, 1.807) is 25.3 Å². The van der Waals surface area contributed by atoms with Crippen LogP contribution < -0.4 is 0 Å². The van der Waals surface area contributed by atoms with Crippen molar-refractivity contribution in [3.8, 4) is 0 Å². The summed E-state index contributed by atoms with van der Waals surface area (Å²) in [4.78, 5) is 22.7. The monoisotopic (exact) mass is 242 g/mol. The van der Waals surface area contributed by atoms with E-state index in [0.29, 0.717) is 4.88 Å². The van der Waals surface area contributed by atoms with Gasteiger partial charge in [0.2, 0.25) is 0 Å². The average Bonchev–Trinajstić information content (AvgIpc) is 2.63. The summed E-state index contributed by atoms with van der Waals surface area (Å²) in [5.41, 5.74) is 0.154. The van der Waals surface area contributed by atoms with Crippen LogP contribution in [-0.4, -0.2) is 24.2 Å². The van der Waals surface area contributed by atoms with Crippen LogP contribution in [0.3, 0.4) is 0 Å². The van der Waals surface area contributed by atoms with Crippen molar-refractivity contribution in [3.05, 3.63) is 21.9 Å². The minimum Gasteiger partial charge on any atom is -0.481 e. The highest BCUT2D eigenvalue weighted by Crippen LogP contribution is 2.33. The number of esters is 1. The predicted octanol–water partition coefficient (Wildman–Crippen LogP) is 2.29. The van der Waals surface area contributed by atoms with Gasteiger partial charge in [0.25, 0.3) is 0 Å². The number of hydrogen-bond acceptors (Lipinski definition) is 4. The molecule has 0 saturated heterocycles. The highest BCUT2D eigenvalue weighted by Gasteiger charge is 2.29. The number of ether oxygens (including phenoxy) is 1. The van der Waals surface area contributed by atoms with Crippen LogP contribution in [0.5, 0.6) is 0 Å². The first kappa shape index (κ1) is 12.7. The fourth-order valence-electron chi connectivity index (χ4n) is 1.57. The van der Waals surface area contributed by atoms with Crippen molar-refractivity contribution in [1.82, 2.24) is 0 Å². The molecule has 0 aliphatic heterocycles. The van der Waals surface area contributed by atoms with Gasteiger partial charge in [0.05, 0.1) is 13.5 Å². The number of aliphatic carboxylic acids is 1. The lowest BCUT2D eigenvalue weighted by Gasteiger charge is -2.22. The smallest absolute Gasteiger partial charge is 0.348 e. The fraction of sp³-hybridized carbons (Fsp3) is 0.455.